The van der Waals surface area contributed by atoms with Crippen molar-refractivity contribution in [2.75, 3.05) is 0 Å². The van der Waals surface area contributed by atoms with Gasteiger partial charge in [-0.25, -0.2) is 9.13 Å². The van der Waals surface area contributed by atoms with Gasteiger partial charge in [0, 0.05) is 34.0 Å². The molecule has 0 radical (unpaired) electrons. The highest BCUT2D eigenvalue weighted by Gasteiger charge is 2.18. The molecule has 0 fully saturated rings. The zero-order valence-electron chi connectivity index (χ0n) is 19.2. The summed E-state index contributed by atoms with van der Waals surface area (Å²) in [6, 6.07) is 23.9. The lowest BCUT2D eigenvalue weighted by Gasteiger charge is -2.14. The average molecular weight is 475 g/mol. The standard InChI is InChI=1S/C29H28N2.2ClH/c1-21-16-22(2)29(20-31-15-13-25-9-5-7-11-27(25)18-31)23(3)28(21)19-30-14-12-24-8-4-6-10-26(24)17-30;;/h4-18H,19-20H2,1-3H3;2*1H/q+2;;/p-2. The maximum atomic E-state index is 2.35. The number of hydrogen-bond acceptors (Lipinski definition) is 0. The lowest BCUT2D eigenvalue weighted by Crippen LogP contribution is -3.00. The molecule has 0 unspecified atom stereocenters. The van der Waals surface area contributed by atoms with Crippen molar-refractivity contribution in [3.63, 3.8) is 0 Å². The Morgan fingerprint density at radius 2 is 0.939 bits per heavy atom. The van der Waals surface area contributed by atoms with Gasteiger partial charge in [0.2, 0.25) is 0 Å². The second-order valence-corrected chi connectivity index (χ2v) is 8.58. The van der Waals surface area contributed by atoms with Crippen molar-refractivity contribution >= 4 is 21.5 Å². The Labute approximate surface area is 208 Å². The summed E-state index contributed by atoms with van der Waals surface area (Å²) in [5.41, 5.74) is 6.97. The normalized spacial score (nSPS) is 10.6. The highest BCUT2D eigenvalue weighted by atomic mass is 35.5. The first-order valence-electron chi connectivity index (χ1n) is 10.9. The average Bonchev–Trinajstić information content (AvgIpc) is 2.79. The van der Waals surface area contributed by atoms with E-state index in [9.17, 15) is 0 Å². The molecule has 0 spiro atoms. The van der Waals surface area contributed by atoms with Crippen molar-refractivity contribution in [3.8, 4) is 0 Å². The van der Waals surface area contributed by atoms with Gasteiger partial charge in [-0.1, -0.05) is 42.5 Å². The number of pyridine rings is 2. The molecule has 2 nitrogen and oxygen atoms in total. The molecule has 0 aliphatic carbocycles. The molecule has 0 atom stereocenters. The van der Waals surface area contributed by atoms with Gasteiger partial charge in [0.25, 0.3) is 0 Å². The minimum Gasteiger partial charge on any atom is -1.00 e. The van der Waals surface area contributed by atoms with Gasteiger partial charge in [-0.3, -0.25) is 0 Å². The molecule has 0 saturated heterocycles. The van der Waals surface area contributed by atoms with Crippen LogP contribution in [-0.2, 0) is 13.1 Å². The molecule has 0 amide bonds. The summed E-state index contributed by atoms with van der Waals surface area (Å²) in [4.78, 5) is 0. The van der Waals surface area contributed by atoms with E-state index in [4.69, 9.17) is 0 Å². The Kier molecular flexibility index (Phi) is 7.73. The lowest BCUT2D eigenvalue weighted by atomic mass is 9.93. The van der Waals surface area contributed by atoms with E-state index in [-0.39, 0.29) is 24.8 Å². The largest absolute Gasteiger partial charge is 1.00 e. The van der Waals surface area contributed by atoms with E-state index in [1.165, 1.54) is 49.4 Å². The van der Waals surface area contributed by atoms with Crippen molar-refractivity contribution in [1.82, 2.24) is 0 Å². The first kappa shape index (κ1) is 24.7. The van der Waals surface area contributed by atoms with E-state index >= 15 is 0 Å². The van der Waals surface area contributed by atoms with Gasteiger partial charge in [0.1, 0.15) is 0 Å². The first-order chi connectivity index (χ1) is 15.1. The molecule has 33 heavy (non-hydrogen) atoms. The summed E-state index contributed by atoms with van der Waals surface area (Å²) < 4.78 is 4.61. The van der Waals surface area contributed by atoms with Gasteiger partial charge in [-0.2, -0.15) is 0 Å². The minimum atomic E-state index is 0. The number of benzene rings is 3. The number of nitrogens with zero attached hydrogens (tertiary/aromatic N) is 2. The van der Waals surface area contributed by atoms with Crippen LogP contribution >= 0.6 is 0 Å². The number of aryl methyl sites for hydroxylation is 2. The van der Waals surface area contributed by atoms with Crippen LogP contribution in [-0.4, -0.2) is 0 Å². The maximum Gasteiger partial charge on any atom is 0.176 e. The molecule has 0 bridgehead atoms. The molecule has 5 aromatic rings. The molecule has 2 heterocycles. The molecule has 0 N–H and O–H groups in total. The number of aromatic nitrogens is 2. The van der Waals surface area contributed by atoms with Gasteiger partial charge in [-0.05, 0) is 60.4 Å². The molecule has 0 aliphatic rings. The van der Waals surface area contributed by atoms with Crippen LogP contribution in [0.1, 0.15) is 27.8 Å². The van der Waals surface area contributed by atoms with Crippen molar-refractivity contribution in [1.29, 1.82) is 0 Å². The van der Waals surface area contributed by atoms with Crippen LogP contribution in [0.5, 0.6) is 0 Å². The third-order valence-electron chi connectivity index (χ3n) is 6.46. The van der Waals surface area contributed by atoms with E-state index in [1.807, 2.05) is 0 Å². The Hall–Kier alpha value is -2.94. The Morgan fingerprint density at radius 3 is 1.36 bits per heavy atom. The SMILES string of the molecule is Cc1cc(C)c(C[n+]2ccc3ccccc3c2)c(C)c1C[n+]1ccc2ccccc2c1.[Cl-].[Cl-]. The van der Waals surface area contributed by atoms with Gasteiger partial charge in [-0.15, -0.1) is 0 Å². The van der Waals surface area contributed by atoms with Crippen LogP contribution in [0.4, 0.5) is 0 Å². The van der Waals surface area contributed by atoms with Crippen molar-refractivity contribution < 1.29 is 33.9 Å². The van der Waals surface area contributed by atoms with Gasteiger partial charge in [0.05, 0.1) is 0 Å². The highest BCUT2D eigenvalue weighted by molar-refractivity contribution is 5.81. The molecule has 168 valence electrons. The summed E-state index contributed by atoms with van der Waals surface area (Å²) in [6.07, 6.45) is 8.90. The second-order valence-electron chi connectivity index (χ2n) is 8.58. The molecule has 2 aromatic heterocycles. The number of halogens is 2. The van der Waals surface area contributed by atoms with Crippen molar-refractivity contribution in [2.45, 2.75) is 33.9 Å². The third-order valence-corrected chi connectivity index (χ3v) is 6.46. The summed E-state index contributed by atoms with van der Waals surface area (Å²) >= 11 is 0. The van der Waals surface area contributed by atoms with Gasteiger partial charge in [0.15, 0.2) is 37.9 Å². The fourth-order valence-electron chi connectivity index (χ4n) is 4.68. The lowest BCUT2D eigenvalue weighted by molar-refractivity contribution is -0.688. The van der Waals surface area contributed by atoms with Gasteiger partial charge >= 0.3 is 0 Å². The summed E-state index contributed by atoms with van der Waals surface area (Å²) in [7, 11) is 0. The number of rotatable bonds is 4. The zero-order chi connectivity index (χ0) is 21.4. The summed E-state index contributed by atoms with van der Waals surface area (Å²) in [6.45, 7) is 8.54. The predicted octanol–water partition coefficient (Wildman–Crippen LogP) is -0.402. The number of fused-ring (bicyclic) bond motifs is 2. The first-order valence-corrected chi connectivity index (χ1v) is 10.9. The van der Waals surface area contributed by atoms with Crippen LogP contribution in [0.15, 0.2) is 91.5 Å². The second kappa shape index (κ2) is 10.3. The molecule has 5 rings (SSSR count). The summed E-state index contributed by atoms with van der Waals surface area (Å²) in [5.74, 6) is 0. The zero-order valence-corrected chi connectivity index (χ0v) is 20.7. The van der Waals surface area contributed by atoms with Crippen LogP contribution in [0.25, 0.3) is 21.5 Å². The third kappa shape index (κ3) is 5.03. The Morgan fingerprint density at radius 1 is 0.545 bits per heavy atom. The van der Waals surface area contributed by atoms with E-state index in [0.717, 1.165) is 13.1 Å². The molecule has 0 saturated carbocycles. The Balaban J connectivity index is 0.00000153. The Bertz CT molecular complexity index is 1320. The van der Waals surface area contributed by atoms with E-state index in [0.29, 0.717) is 0 Å². The highest BCUT2D eigenvalue weighted by Crippen LogP contribution is 2.23. The number of hydrogen-bond donors (Lipinski definition) is 0. The minimum absolute atomic E-state index is 0. The van der Waals surface area contributed by atoms with Crippen LogP contribution in [0.3, 0.4) is 0 Å². The van der Waals surface area contributed by atoms with Gasteiger partial charge < -0.3 is 24.8 Å². The van der Waals surface area contributed by atoms with E-state index < -0.39 is 0 Å². The summed E-state index contributed by atoms with van der Waals surface area (Å²) in [5, 5.41) is 5.12. The molecule has 0 aliphatic heterocycles. The maximum absolute atomic E-state index is 2.35. The van der Waals surface area contributed by atoms with Crippen LogP contribution in [0, 0.1) is 20.8 Å². The van der Waals surface area contributed by atoms with Crippen LogP contribution < -0.4 is 33.9 Å². The van der Waals surface area contributed by atoms with Crippen molar-refractivity contribution in [3.05, 3.63) is 119 Å². The van der Waals surface area contributed by atoms with E-state index in [1.54, 1.807) is 0 Å². The fourth-order valence-corrected chi connectivity index (χ4v) is 4.68. The molecule has 4 heteroatoms. The molecule has 3 aromatic carbocycles. The molecular formula is C29H28Cl2N2. The van der Waals surface area contributed by atoms with Crippen molar-refractivity contribution in [2.24, 2.45) is 0 Å². The van der Waals surface area contributed by atoms with E-state index in [2.05, 4.69) is 121 Å². The fraction of sp³-hybridized carbons (Fsp3) is 0.172. The van der Waals surface area contributed by atoms with Crippen LogP contribution in [0.2, 0.25) is 0 Å². The predicted molar refractivity (Wildman–Crippen MR) is 127 cm³/mol. The quantitative estimate of drug-likeness (QED) is 0.313. The smallest absolute Gasteiger partial charge is 0.176 e. The topological polar surface area (TPSA) is 7.76 Å². The molecular weight excluding hydrogens is 447 g/mol. The monoisotopic (exact) mass is 474 g/mol.